The molecule has 5 nitrogen and oxygen atoms in total. The number of para-hydroxylation sites is 1. The largest absolute Gasteiger partial charge is 0.506 e. The molecule has 1 N–H and O–H groups in total. The lowest BCUT2D eigenvalue weighted by Gasteiger charge is -2.30. The van der Waals surface area contributed by atoms with Crippen molar-refractivity contribution in [3.63, 3.8) is 0 Å². The van der Waals surface area contributed by atoms with E-state index in [1.165, 1.54) is 0 Å². The van der Waals surface area contributed by atoms with Gasteiger partial charge in [-0.15, -0.1) is 0 Å². The van der Waals surface area contributed by atoms with E-state index in [0.29, 0.717) is 12.2 Å². The summed E-state index contributed by atoms with van der Waals surface area (Å²) in [6.07, 6.45) is 1.81. The molecule has 110 valence electrons. The number of aryl methyl sites for hydroxylation is 3. The fourth-order valence-electron chi connectivity index (χ4n) is 2.93. The summed E-state index contributed by atoms with van der Waals surface area (Å²) in [6, 6.07) is 7.38. The molecule has 0 saturated carbocycles. The molecule has 0 bridgehead atoms. The number of phenols is 1. The smallest absolute Gasteiger partial charge is 0.248 e. The second-order valence-electron chi connectivity index (χ2n) is 5.52. The van der Waals surface area contributed by atoms with Crippen LogP contribution in [0.1, 0.15) is 23.4 Å². The van der Waals surface area contributed by atoms with Crippen molar-refractivity contribution in [2.24, 2.45) is 0 Å². The van der Waals surface area contributed by atoms with Gasteiger partial charge in [0.15, 0.2) is 0 Å². The molecule has 0 fully saturated rings. The Morgan fingerprint density at radius 1 is 1.38 bits per heavy atom. The molecule has 0 radical (unpaired) electrons. The topological polar surface area (TPSA) is 58.4 Å². The Morgan fingerprint density at radius 2 is 2.19 bits per heavy atom. The summed E-state index contributed by atoms with van der Waals surface area (Å²) in [5, 5.41) is 14.4. The van der Waals surface area contributed by atoms with Crippen molar-refractivity contribution in [1.82, 2.24) is 9.78 Å². The number of phenolic OH excluding ortho intramolecular Hbond substituents is 1. The van der Waals surface area contributed by atoms with Crippen LogP contribution in [0.25, 0.3) is 0 Å². The number of rotatable bonds is 2. The second-order valence-corrected chi connectivity index (χ2v) is 5.52. The van der Waals surface area contributed by atoms with Crippen molar-refractivity contribution in [2.45, 2.75) is 33.2 Å². The molecular formula is C16H19N3O2. The highest BCUT2D eigenvalue weighted by Gasteiger charge is 2.25. The molecule has 21 heavy (non-hydrogen) atoms. The molecule has 0 atom stereocenters. The number of amides is 1. The Bertz CT molecular complexity index is 691. The van der Waals surface area contributed by atoms with Crippen LogP contribution < -0.4 is 4.90 Å². The van der Waals surface area contributed by atoms with Crippen LogP contribution in [-0.4, -0.2) is 27.3 Å². The number of aromatic hydroxyl groups is 1. The Hall–Kier alpha value is -2.30. The van der Waals surface area contributed by atoms with Gasteiger partial charge in [0.2, 0.25) is 5.91 Å². The summed E-state index contributed by atoms with van der Waals surface area (Å²) in [6.45, 7) is 4.70. The lowest BCUT2D eigenvalue weighted by molar-refractivity contribution is -0.119. The normalized spacial score (nSPS) is 14.1. The second kappa shape index (κ2) is 5.24. The van der Waals surface area contributed by atoms with Crippen LogP contribution in [-0.2, 0) is 17.8 Å². The van der Waals surface area contributed by atoms with Crippen molar-refractivity contribution < 1.29 is 9.90 Å². The summed E-state index contributed by atoms with van der Waals surface area (Å²) in [5.74, 6) is 0.137. The van der Waals surface area contributed by atoms with Crippen LogP contribution in [0, 0.1) is 13.8 Å². The predicted molar refractivity (Wildman–Crippen MR) is 80.5 cm³/mol. The molecule has 0 aliphatic carbocycles. The van der Waals surface area contributed by atoms with E-state index in [9.17, 15) is 9.90 Å². The number of nitrogens with zero attached hydrogens (tertiary/aromatic N) is 3. The van der Waals surface area contributed by atoms with Crippen LogP contribution in [0.3, 0.4) is 0 Å². The number of carbonyl (C=O) groups is 1. The fourth-order valence-corrected chi connectivity index (χ4v) is 2.93. The molecule has 0 spiro atoms. The molecule has 1 aliphatic heterocycles. The fraction of sp³-hybridized carbons (Fsp3) is 0.375. The number of aromatic nitrogens is 2. The summed E-state index contributed by atoms with van der Waals surface area (Å²) in [7, 11) is 0. The van der Waals surface area contributed by atoms with E-state index in [1.54, 1.807) is 15.6 Å². The summed E-state index contributed by atoms with van der Waals surface area (Å²) in [4.78, 5) is 14.3. The number of anilines is 1. The van der Waals surface area contributed by atoms with E-state index in [1.807, 2.05) is 32.0 Å². The van der Waals surface area contributed by atoms with Crippen molar-refractivity contribution in [3.8, 4) is 5.75 Å². The molecule has 2 heterocycles. The zero-order valence-corrected chi connectivity index (χ0v) is 12.3. The Labute approximate surface area is 123 Å². The zero-order chi connectivity index (χ0) is 15.0. The first kappa shape index (κ1) is 13.7. The highest BCUT2D eigenvalue weighted by atomic mass is 16.3. The monoisotopic (exact) mass is 285 g/mol. The van der Waals surface area contributed by atoms with Gasteiger partial charge in [0.25, 0.3) is 0 Å². The van der Waals surface area contributed by atoms with Gasteiger partial charge in [-0.25, -0.2) is 0 Å². The molecule has 1 aromatic heterocycles. The molecule has 0 unspecified atom stereocenters. The molecular weight excluding hydrogens is 266 g/mol. The van der Waals surface area contributed by atoms with Gasteiger partial charge in [-0.3, -0.25) is 9.48 Å². The number of hydrogen-bond donors (Lipinski definition) is 1. The molecule has 3 rings (SSSR count). The van der Waals surface area contributed by atoms with Crippen molar-refractivity contribution >= 4 is 11.6 Å². The van der Waals surface area contributed by atoms with Gasteiger partial charge >= 0.3 is 0 Å². The van der Waals surface area contributed by atoms with E-state index in [0.717, 1.165) is 29.8 Å². The van der Waals surface area contributed by atoms with E-state index in [-0.39, 0.29) is 18.2 Å². The average Bonchev–Trinajstić information content (AvgIpc) is 2.76. The van der Waals surface area contributed by atoms with Gasteiger partial charge in [-0.2, -0.15) is 5.10 Å². The van der Waals surface area contributed by atoms with Gasteiger partial charge < -0.3 is 10.0 Å². The average molecular weight is 285 g/mol. The van der Waals surface area contributed by atoms with Crippen molar-refractivity contribution in [2.75, 3.05) is 11.4 Å². The number of hydrogen-bond acceptors (Lipinski definition) is 3. The molecule has 5 heteroatoms. The van der Waals surface area contributed by atoms with Gasteiger partial charge in [-0.05, 0) is 44.4 Å². The van der Waals surface area contributed by atoms with E-state index < -0.39 is 0 Å². The van der Waals surface area contributed by atoms with E-state index in [2.05, 4.69) is 5.10 Å². The minimum Gasteiger partial charge on any atom is -0.506 e. The van der Waals surface area contributed by atoms with Gasteiger partial charge in [0, 0.05) is 12.2 Å². The van der Waals surface area contributed by atoms with Gasteiger partial charge in [-0.1, -0.05) is 12.1 Å². The maximum atomic E-state index is 12.6. The Morgan fingerprint density at radius 3 is 2.90 bits per heavy atom. The highest BCUT2D eigenvalue weighted by Crippen LogP contribution is 2.35. The molecule has 1 aliphatic rings. The molecule has 0 saturated heterocycles. The van der Waals surface area contributed by atoms with Gasteiger partial charge in [0.1, 0.15) is 12.3 Å². The number of carbonyl (C=O) groups excluding carboxylic acids is 1. The van der Waals surface area contributed by atoms with Gasteiger partial charge in [0.05, 0.1) is 11.4 Å². The summed E-state index contributed by atoms with van der Waals surface area (Å²) < 4.78 is 1.71. The van der Waals surface area contributed by atoms with Crippen LogP contribution >= 0.6 is 0 Å². The van der Waals surface area contributed by atoms with Crippen LogP contribution in [0.2, 0.25) is 0 Å². The number of benzene rings is 1. The third-order valence-electron chi connectivity index (χ3n) is 3.89. The van der Waals surface area contributed by atoms with Crippen molar-refractivity contribution in [3.05, 3.63) is 41.2 Å². The first-order valence-corrected chi connectivity index (χ1v) is 7.18. The maximum Gasteiger partial charge on any atom is 0.248 e. The predicted octanol–water partition coefficient (Wildman–Crippen LogP) is 2.18. The lowest BCUT2D eigenvalue weighted by atomic mass is 10.0. The molecule has 1 amide bonds. The summed E-state index contributed by atoms with van der Waals surface area (Å²) >= 11 is 0. The third kappa shape index (κ3) is 2.51. The van der Waals surface area contributed by atoms with Crippen LogP contribution in [0.15, 0.2) is 24.3 Å². The quantitative estimate of drug-likeness (QED) is 0.920. The van der Waals surface area contributed by atoms with E-state index >= 15 is 0 Å². The lowest BCUT2D eigenvalue weighted by Crippen LogP contribution is -2.38. The van der Waals surface area contributed by atoms with Crippen molar-refractivity contribution in [1.29, 1.82) is 0 Å². The van der Waals surface area contributed by atoms with Crippen LogP contribution in [0.4, 0.5) is 5.69 Å². The minimum atomic E-state index is -0.0383. The maximum absolute atomic E-state index is 12.6. The standard InChI is InChI=1S/C16H19N3O2/c1-11-9-12(2)19(17-11)10-15(21)18-8-4-6-13-5-3-7-14(20)16(13)18/h3,5,7,9,20H,4,6,8,10H2,1-2H3. The SMILES string of the molecule is Cc1cc(C)n(CC(=O)N2CCCc3cccc(O)c32)n1. The minimum absolute atomic E-state index is 0.0383. The third-order valence-corrected chi connectivity index (χ3v) is 3.89. The Kier molecular flexibility index (Phi) is 3.41. The first-order valence-electron chi connectivity index (χ1n) is 7.18. The molecule has 1 aromatic carbocycles. The highest BCUT2D eigenvalue weighted by molar-refractivity contribution is 5.96. The Balaban J connectivity index is 1.88. The summed E-state index contributed by atoms with van der Waals surface area (Å²) in [5.41, 5.74) is 3.57. The first-order chi connectivity index (χ1) is 10.1. The van der Waals surface area contributed by atoms with E-state index in [4.69, 9.17) is 0 Å². The van der Waals surface area contributed by atoms with Crippen LogP contribution in [0.5, 0.6) is 5.75 Å². The number of fused-ring (bicyclic) bond motifs is 1. The zero-order valence-electron chi connectivity index (χ0n) is 12.3. The molecule has 2 aromatic rings.